The molecule has 0 unspecified atom stereocenters. The van der Waals surface area contributed by atoms with Crippen LogP contribution in [0.4, 0.5) is 5.69 Å². The number of rotatable bonds is 7. The summed E-state index contributed by atoms with van der Waals surface area (Å²) in [6.07, 6.45) is 0. The van der Waals surface area contributed by atoms with E-state index >= 15 is 0 Å². The lowest BCUT2D eigenvalue weighted by atomic mass is 10.1. The molecular weight excluding hydrogens is 439 g/mol. The van der Waals surface area contributed by atoms with Crippen molar-refractivity contribution in [3.8, 4) is 11.5 Å². The Morgan fingerprint density at radius 2 is 2.00 bits per heavy atom. The highest BCUT2D eigenvalue weighted by Crippen LogP contribution is 2.30. The van der Waals surface area contributed by atoms with Crippen LogP contribution in [0.1, 0.15) is 18.1 Å². The van der Waals surface area contributed by atoms with E-state index in [0.29, 0.717) is 12.4 Å². The van der Waals surface area contributed by atoms with Crippen LogP contribution in [-0.2, 0) is 11.3 Å². The average molecular weight is 456 g/mol. The average Bonchev–Trinajstić information content (AvgIpc) is 2.60. The maximum atomic E-state index is 10.6. The number of nitrogens with zero attached hydrogens (tertiary/aromatic N) is 2. The van der Waals surface area contributed by atoms with Crippen molar-refractivity contribution in [2.45, 2.75) is 13.5 Å². The van der Waals surface area contributed by atoms with Crippen molar-refractivity contribution >= 4 is 34.0 Å². The number of hydrogen-bond acceptors (Lipinski definition) is 6. The summed E-state index contributed by atoms with van der Waals surface area (Å²) in [4.78, 5) is 14.5. The molecule has 2 rings (SSSR count). The Bertz CT molecular complexity index is 790. The predicted molar refractivity (Wildman–Crippen MR) is 102 cm³/mol. The van der Waals surface area contributed by atoms with Gasteiger partial charge in [0.15, 0.2) is 11.5 Å². The van der Waals surface area contributed by atoms with Crippen molar-refractivity contribution < 1.29 is 19.5 Å². The summed E-state index contributed by atoms with van der Waals surface area (Å²) >= 11 is 2.15. The molecule has 0 heterocycles. The zero-order chi connectivity index (χ0) is 18.4. The summed E-state index contributed by atoms with van der Waals surface area (Å²) in [7, 11) is 1.50. The highest BCUT2D eigenvalue weighted by Gasteiger charge is 2.10. The Morgan fingerprint density at radius 1 is 1.32 bits per heavy atom. The molecule has 0 spiro atoms. The fourth-order valence-electron chi connectivity index (χ4n) is 2.09. The quantitative estimate of drug-likeness (QED) is 0.224. The maximum absolute atomic E-state index is 10.6. The third kappa shape index (κ3) is 5.13. The minimum absolute atomic E-state index is 0.0477. The summed E-state index contributed by atoms with van der Waals surface area (Å²) in [5, 5.41) is 20.5. The number of nitro groups is 1. The first-order chi connectivity index (χ1) is 11.9. The number of ether oxygens (including phenoxy) is 2. The van der Waals surface area contributed by atoms with E-state index in [9.17, 15) is 15.2 Å². The smallest absolute Gasteiger partial charge is 0.269 e. The zero-order valence-corrected chi connectivity index (χ0v) is 15.9. The molecule has 2 aromatic carbocycles. The lowest BCUT2D eigenvalue weighted by molar-refractivity contribution is -0.384. The van der Waals surface area contributed by atoms with Crippen molar-refractivity contribution in [2.24, 2.45) is 4.99 Å². The van der Waals surface area contributed by atoms with E-state index in [-0.39, 0.29) is 18.2 Å². The van der Waals surface area contributed by atoms with Crippen molar-refractivity contribution in [2.75, 3.05) is 13.8 Å². The second-order valence-electron chi connectivity index (χ2n) is 5.15. The van der Waals surface area contributed by atoms with Gasteiger partial charge in [-0.25, -0.2) is 0 Å². The predicted octanol–water partition coefficient (Wildman–Crippen LogP) is 3.90. The largest absolute Gasteiger partial charge is 0.504 e. The molecule has 0 saturated heterocycles. The first kappa shape index (κ1) is 19.1. The van der Waals surface area contributed by atoms with E-state index in [1.807, 2.05) is 6.92 Å². The molecule has 0 saturated carbocycles. The number of aliphatic imine (C=N–C) groups is 1. The van der Waals surface area contributed by atoms with E-state index in [4.69, 9.17) is 9.47 Å². The van der Waals surface area contributed by atoms with E-state index < -0.39 is 4.92 Å². The number of nitro benzene ring substituents is 1. The van der Waals surface area contributed by atoms with Crippen molar-refractivity contribution in [1.29, 1.82) is 0 Å². The van der Waals surface area contributed by atoms with Gasteiger partial charge in [-0.05, 0) is 59.3 Å². The molecule has 0 amide bonds. The van der Waals surface area contributed by atoms with Gasteiger partial charge in [0.2, 0.25) is 0 Å². The monoisotopic (exact) mass is 456 g/mol. The van der Waals surface area contributed by atoms with Gasteiger partial charge in [-0.1, -0.05) is 0 Å². The lowest BCUT2D eigenvalue weighted by Crippen LogP contribution is -2.02. The molecule has 0 aliphatic carbocycles. The number of non-ortho nitro benzene ring substituents is 1. The molecule has 7 nitrogen and oxygen atoms in total. The Labute approximate surface area is 158 Å². The lowest BCUT2D eigenvalue weighted by Gasteiger charge is -2.09. The summed E-state index contributed by atoms with van der Waals surface area (Å²) in [6.45, 7) is 2.28. The van der Waals surface area contributed by atoms with Crippen molar-refractivity contribution in [3.05, 3.63) is 61.2 Å². The van der Waals surface area contributed by atoms with Gasteiger partial charge >= 0.3 is 0 Å². The Balaban J connectivity index is 1.95. The molecule has 0 fully saturated rings. The maximum Gasteiger partial charge on any atom is 0.269 e. The van der Waals surface area contributed by atoms with Crippen LogP contribution in [0.15, 0.2) is 41.4 Å². The first-order valence-corrected chi connectivity index (χ1v) is 8.39. The molecule has 2 aromatic rings. The van der Waals surface area contributed by atoms with Gasteiger partial charge in [0.25, 0.3) is 5.69 Å². The zero-order valence-electron chi connectivity index (χ0n) is 13.7. The number of aromatic hydroxyl groups is 1. The van der Waals surface area contributed by atoms with Crippen LogP contribution in [0, 0.1) is 13.7 Å². The van der Waals surface area contributed by atoms with Crippen LogP contribution in [0.5, 0.6) is 11.5 Å². The van der Waals surface area contributed by atoms with Gasteiger partial charge in [0, 0.05) is 27.0 Å². The second kappa shape index (κ2) is 8.77. The number of methoxy groups -OCH3 is 1. The number of hydrogen-bond donors (Lipinski definition) is 1. The molecule has 0 aromatic heterocycles. The van der Waals surface area contributed by atoms with Gasteiger partial charge in [-0.2, -0.15) is 0 Å². The van der Waals surface area contributed by atoms with Crippen LogP contribution in [0.2, 0.25) is 0 Å². The van der Waals surface area contributed by atoms with E-state index in [1.54, 1.807) is 24.3 Å². The molecule has 0 aliphatic rings. The van der Waals surface area contributed by atoms with Crippen LogP contribution in [0.3, 0.4) is 0 Å². The fourth-order valence-corrected chi connectivity index (χ4v) is 2.92. The van der Waals surface area contributed by atoms with Gasteiger partial charge in [-0.15, -0.1) is 0 Å². The fraction of sp³-hybridized carbons (Fsp3) is 0.235. The number of benzene rings is 2. The van der Waals surface area contributed by atoms with Gasteiger partial charge in [-0.3, -0.25) is 15.1 Å². The van der Waals surface area contributed by atoms with Crippen LogP contribution in [0.25, 0.3) is 0 Å². The third-order valence-electron chi connectivity index (χ3n) is 3.47. The Kier molecular flexibility index (Phi) is 6.71. The van der Waals surface area contributed by atoms with Crippen molar-refractivity contribution in [1.82, 2.24) is 0 Å². The third-order valence-corrected chi connectivity index (χ3v) is 4.36. The number of halogens is 1. The van der Waals surface area contributed by atoms with Gasteiger partial charge < -0.3 is 14.6 Å². The van der Waals surface area contributed by atoms with Gasteiger partial charge in [0.1, 0.15) is 6.73 Å². The first-order valence-electron chi connectivity index (χ1n) is 7.31. The molecule has 132 valence electrons. The minimum Gasteiger partial charge on any atom is -0.504 e. The van der Waals surface area contributed by atoms with Crippen LogP contribution >= 0.6 is 22.6 Å². The summed E-state index contributed by atoms with van der Waals surface area (Å²) in [5.41, 5.74) is 2.41. The normalized spacial score (nSPS) is 11.4. The van der Waals surface area contributed by atoms with E-state index in [1.165, 1.54) is 19.2 Å². The Hall–Kier alpha value is -2.20. The topological polar surface area (TPSA) is 94.2 Å². The molecule has 25 heavy (non-hydrogen) atoms. The molecule has 0 atom stereocenters. The summed E-state index contributed by atoms with van der Waals surface area (Å²) < 4.78 is 11.5. The number of phenols is 1. The molecule has 0 aliphatic heterocycles. The molecule has 0 radical (unpaired) electrons. The van der Waals surface area contributed by atoms with Gasteiger partial charge in [0.05, 0.1) is 18.6 Å². The second-order valence-corrected chi connectivity index (χ2v) is 6.31. The van der Waals surface area contributed by atoms with E-state index in [2.05, 4.69) is 27.6 Å². The molecular formula is C17H17IN2O5. The van der Waals surface area contributed by atoms with Crippen molar-refractivity contribution in [3.63, 3.8) is 0 Å². The minimum atomic E-state index is -0.440. The van der Waals surface area contributed by atoms with E-state index in [0.717, 1.165) is 20.4 Å². The molecule has 1 N–H and O–H groups in total. The van der Waals surface area contributed by atoms with Crippen LogP contribution < -0.4 is 4.74 Å². The highest BCUT2D eigenvalue weighted by atomic mass is 127. The Morgan fingerprint density at radius 3 is 2.60 bits per heavy atom. The molecule has 0 bridgehead atoms. The summed E-state index contributed by atoms with van der Waals surface area (Å²) in [5.74, 6) is 0.467. The SMILES string of the molecule is COc1cc(I)c(C(C)=NCOCc2ccc([N+](=O)[O-])cc2)cc1O. The summed E-state index contributed by atoms with van der Waals surface area (Å²) in [6, 6.07) is 9.53. The molecule has 8 heteroatoms. The standard InChI is InChI=1S/C17H17IN2O5/c1-11(14-7-16(21)17(24-2)8-15(14)18)19-10-25-9-12-3-5-13(6-4-12)20(22)23/h3-8,21H,9-10H2,1-2H3. The van der Waals surface area contributed by atoms with Crippen LogP contribution in [-0.4, -0.2) is 29.6 Å². The highest BCUT2D eigenvalue weighted by molar-refractivity contribution is 14.1. The number of phenolic OH excluding ortho intramolecular Hbond substituents is 1.